The minimum atomic E-state index is -0.0483. The monoisotopic (exact) mass is 220 g/mol. The first-order valence-electron chi connectivity index (χ1n) is 5.95. The van der Waals surface area contributed by atoms with E-state index in [1.54, 1.807) is 4.90 Å². The van der Waals surface area contributed by atoms with Gasteiger partial charge in [0.2, 0.25) is 5.82 Å². The van der Waals surface area contributed by atoms with Gasteiger partial charge in [-0.1, -0.05) is 0 Å². The standard InChI is InChI=1S/C11H16N4O/c1-15(8-3-2-4-8)11(16)10-12-9(13-14-10)7-5-6-7/h7-8H,2-6H2,1H3,(H,12,13,14). The number of carbonyl (C=O) groups is 1. The Morgan fingerprint density at radius 3 is 2.69 bits per heavy atom. The normalized spacial score (nSPS) is 20.6. The summed E-state index contributed by atoms with van der Waals surface area (Å²) in [6.07, 6.45) is 5.79. The van der Waals surface area contributed by atoms with Gasteiger partial charge in [-0.2, -0.15) is 0 Å². The third-order valence-corrected chi connectivity index (χ3v) is 3.60. The topological polar surface area (TPSA) is 61.9 Å². The third kappa shape index (κ3) is 1.60. The molecule has 0 unspecified atom stereocenters. The average molecular weight is 220 g/mol. The first-order valence-corrected chi connectivity index (χ1v) is 5.95. The molecule has 0 aliphatic heterocycles. The average Bonchev–Trinajstić information content (AvgIpc) is 2.93. The van der Waals surface area contributed by atoms with E-state index in [2.05, 4.69) is 15.2 Å². The number of aromatic amines is 1. The van der Waals surface area contributed by atoms with E-state index in [-0.39, 0.29) is 5.91 Å². The smallest absolute Gasteiger partial charge is 0.293 e. The van der Waals surface area contributed by atoms with Crippen molar-refractivity contribution >= 4 is 5.91 Å². The Morgan fingerprint density at radius 2 is 2.12 bits per heavy atom. The number of aromatic nitrogens is 3. The fourth-order valence-corrected chi connectivity index (χ4v) is 2.01. The van der Waals surface area contributed by atoms with Gasteiger partial charge in [-0.15, -0.1) is 5.10 Å². The molecule has 16 heavy (non-hydrogen) atoms. The number of carbonyl (C=O) groups excluding carboxylic acids is 1. The summed E-state index contributed by atoms with van der Waals surface area (Å²) in [5.41, 5.74) is 0. The van der Waals surface area contributed by atoms with Crippen LogP contribution in [0.1, 0.15) is 54.5 Å². The Morgan fingerprint density at radius 1 is 1.38 bits per heavy atom. The molecule has 5 nitrogen and oxygen atoms in total. The number of nitrogens with one attached hydrogen (secondary N) is 1. The summed E-state index contributed by atoms with van der Waals surface area (Å²) in [6, 6.07) is 0.398. The van der Waals surface area contributed by atoms with Gasteiger partial charge in [0.15, 0.2) is 0 Å². The van der Waals surface area contributed by atoms with Crippen LogP contribution < -0.4 is 0 Å². The van der Waals surface area contributed by atoms with Crippen molar-refractivity contribution in [1.82, 2.24) is 20.1 Å². The number of hydrogen-bond donors (Lipinski definition) is 1. The van der Waals surface area contributed by atoms with Gasteiger partial charge >= 0.3 is 0 Å². The molecule has 2 aliphatic carbocycles. The zero-order chi connectivity index (χ0) is 11.1. The molecule has 2 saturated carbocycles. The zero-order valence-corrected chi connectivity index (χ0v) is 9.44. The van der Waals surface area contributed by atoms with E-state index in [4.69, 9.17) is 0 Å². The molecule has 5 heteroatoms. The van der Waals surface area contributed by atoms with Crippen LogP contribution in [0.3, 0.4) is 0 Å². The van der Waals surface area contributed by atoms with Crippen LogP contribution in [-0.4, -0.2) is 39.1 Å². The maximum absolute atomic E-state index is 12.0. The van der Waals surface area contributed by atoms with E-state index in [1.807, 2.05) is 7.05 Å². The Labute approximate surface area is 94.2 Å². The lowest BCUT2D eigenvalue weighted by molar-refractivity contribution is 0.0640. The van der Waals surface area contributed by atoms with Crippen molar-refractivity contribution in [3.63, 3.8) is 0 Å². The maximum Gasteiger partial charge on any atom is 0.293 e. The van der Waals surface area contributed by atoms with Crippen molar-refractivity contribution in [2.24, 2.45) is 0 Å². The highest BCUT2D eigenvalue weighted by atomic mass is 16.2. The molecule has 0 bridgehead atoms. The fourth-order valence-electron chi connectivity index (χ4n) is 2.01. The van der Waals surface area contributed by atoms with Crippen LogP contribution in [0.15, 0.2) is 0 Å². The molecule has 0 aromatic carbocycles. The second-order valence-corrected chi connectivity index (χ2v) is 4.82. The first kappa shape index (κ1) is 9.81. The van der Waals surface area contributed by atoms with Crippen LogP contribution in [0.4, 0.5) is 0 Å². The molecule has 1 amide bonds. The molecule has 0 radical (unpaired) electrons. The summed E-state index contributed by atoms with van der Waals surface area (Å²) in [6.45, 7) is 0. The number of rotatable bonds is 3. The van der Waals surface area contributed by atoms with Gasteiger partial charge in [0.25, 0.3) is 5.91 Å². The van der Waals surface area contributed by atoms with E-state index >= 15 is 0 Å². The molecule has 2 fully saturated rings. The molecule has 3 rings (SSSR count). The summed E-state index contributed by atoms with van der Waals surface area (Å²) >= 11 is 0. The molecule has 1 heterocycles. The fraction of sp³-hybridized carbons (Fsp3) is 0.727. The Bertz CT molecular complexity index is 406. The highest BCUT2D eigenvalue weighted by Crippen LogP contribution is 2.37. The second-order valence-electron chi connectivity index (χ2n) is 4.82. The van der Waals surface area contributed by atoms with Crippen molar-refractivity contribution < 1.29 is 4.79 Å². The van der Waals surface area contributed by atoms with Gasteiger partial charge in [0.1, 0.15) is 5.82 Å². The number of H-pyrrole nitrogens is 1. The molecule has 86 valence electrons. The minimum Gasteiger partial charge on any atom is -0.336 e. The van der Waals surface area contributed by atoms with Gasteiger partial charge in [0, 0.05) is 19.0 Å². The van der Waals surface area contributed by atoms with E-state index in [9.17, 15) is 4.79 Å². The molecule has 1 aromatic heterocycles. The lowest BCUT2D eigenvalue weighted by Gasteiger charge is -2.33. The molecular weight excluding hydrogens is 204 g/mol. The highest BCUT2D eigenvalue weighted by molar-refractivity contribution is 5.90. The summed E-state index contributed by atoms with van der Waals surface area (Å²) < 4.78 is 0. The van der Waals surface area contributed by atoms with Gasteiger partial charge < -0.3 is 4.90 Å². The molecule has 0 saturated heterocycles. The van der Waals surface area contributed by atoms with Crippen LogP contribution in [0, 0.1) is 0 Å². The van der Waals surface area contributed by atoms with Crippen LogP contribution in [0.25, 0.3) is 0 Å². The van der Waals surface area contributed by atoms with E-state index < -0.39 is 0 Å². The van der Waals surface area contributed by atoms with Gasteiger partial charge in [-0.05, 0) is 32.1 Å². The lowest BCUT2D eigenvalue weighted by atomic mass is 9.92. The molecule has 1 aromatic rings. The summed E-state index contributed by atoms with van der Waals surface area (Å²) in [5.74, 6) is 1.68. The number of hydrogen-bond acceptors (Lipinski definition) is 3. The van der Waals surface area contributed by atoms with Crippen molar-refractivity contribution in [3.05, 3.63) is 11.6 Å². The van der Waals surface area contributed by atoms with Crippen LogP contribution in [-0.2, 0) is 0 Å². The zero-order valence-electron chi connectivity index (χ0n) is 9.44. The predicted octanol–water partition coefficient (Wildman–Crippen LogP) is 1.31. The van der Waals surface area contributed by atoms with Crippen molar-refractivity contribution in [2.75, 3.05) is 7.05 Å². The third-order valence-electron chi connectivity index (χ3n) is 3.60. The molecular formula is C11H16N4O. The van der Waals surface area contributed by atoms with Crippen LogP contribution >= 0.6 is 0 Å². The quantitative estimate of drug-likeness (QED) is 0.835. The minimum absolute atomic E-state index is 0.0483. The lowest BCUT2D eigenvalue weighted by Crippen LogP contribution is -2.41. The van der Waals surface area contributed by atoms with Gasteiger partial charge in [0.05, 0.1) is 0 Å². The van der Waals surface area contributed by atoms with E-state index in [1.165, 1.54) is 19.3 Å². The van der Waals surface area contributed by atoms with Gasteiger partial charge in [-0.25, -0.2) is 4.98 Å². The summed E-state index contributed by atoms with van der Waals surface area (Å²) in [7, 11) is 1.85. The van der Waals surface area contributed by atoms with Crippen molar-refractivity contribution in [2.45, 2.75) is 44.1 Å². The molecule has 1 N–H and O–H groups in total. The Balaban J connectivity index is 1.71. The molecule has 0 spiro atoms. The van der Waals surface area contributed by atoms with Crippen LogP contribution in [0.2, 0.25) is 0 Å². The number of amides is 1. The van der Waals surface area contributed by atoms with Crippen molar-refractivity contribution in [3.8, 4) is 0 Å². The molecule has 2 aliphatic rings. The van der Waals surface area contributed by atoms with E-state index in [0.717, 1.165) is 18.7 Å². The highest BCUT2D eigenvalue weighted by Gasteiger charge is 2.31. The van der Waals surface area contributed by atoms with Gasteiger partial charge in [-0.3, -0.25) is 9.89 Å². The second kappa shape index (κ2) is 3.57. The Kier molecular flexibility index (Phi) is 2.19. The SMILES string of the molecule is CN(C(=O)c1n[nH]c(C2CC2)n1)C1CCC1. The van der Waals surface area contributed by atoms with Crippen LogP contribution in [0.5, 0.6) is 0 Å². The summed E-state index contributed by atoms with van der Waals surface area (Å²) in [5, 5.41) is 6.88. The summed E-state index contributed by atoms with van der Waals surface area (Å²) in [4.78, 5) is 18.1. The Hall–Kier alpha value is -1.39. The molecule has 0 atom stereocenters. The predicted molar refractivity (Wildman–Crippen MR) is 58.1 cm³/mol. The van der Waals surface area contributed by atoms with E-state index in [0.29, 0.717) is 17.8 Å². The first-order chi connectivity index (χ1) is 7.75. The largest absolute Gasteiger partial charge is 0.336 e. The van der Waals surface area contributed by atoms with Crippen molar-refractivity contribution in [1.29, 1.82) is 0 Å². The maximum atomic E-state index is 12.0. The number of nitrogens with zero attached hydrogens (tertiary/aromatic N) is 3.